The van der Waals surface area contributed by atoms with Crippen molar-refractivity contribution >= 4 is 35.0 Å². The van der Waals surface area contributed by atoms with Crippen LogP contribution in [0, 0.1) is 0 Å². The number of nitrogens with zero attached hydrogens (tertiary/aromatic N) is 3. The molecular formula is C20H19Cl2N3O4S. The molecule has 158 valence electrons. The highest BCUT2D eigenvalue weighted by molar-refractivity contribution is 7.99. The summed E-state index contributed by atoms with van der Waals surface area (Å²) < 4.78 is 7.17. The topological polar surface area (TPSA) is 101 Å². The number of rotatable bonds is 5. The monoisotopic (exact) mass is 467 g/mol. The lowest BCUT2D eigenvalue weighted by atomic mass is 9.97. The normalized spacial score (nSPS) is 26.6. The first-order valence-electron chi connectivity index (χ1n) is 9.19. The second-order valence-corrected chi connectivity index (χ2v) is 8.83. The second kappa shape index (κ2) is 9.23. The van der Waals surface area contributed by atoms with Gasteiger partial charge in [-0.05, 0) is 18.2 Å². The van der Waals surface area contributed by atoms with Crippen LogP contribution in [0.4, 0.5) is 0 Å². The lowest BCUT2D eigenvalue weighted by Crippen LogP contribution is -2.55. The first-order chi connectivity index (χ1) is 14.5. The number of aromatic nitrogens is 3. The van der Waals surface area contributed by atoms with Crippen molar-refractivity contribution in [3.63, 3.8) is 0 Å². The van der Waals surface area contributed by atoms with Gasteiger partial charge in [-0.15, -0.1) is 5.10 Å². The molecule has 4 rings (SSSR count). The third-order valence-corrected chi connectivity index (χ3v) is 6.76. The van der Waals surface area contributed by atoms with Crippen LogP contribution in [-0.4, -0.2) is 60.7 Å². The van der Waals surface area contributed by atoms with Crippen LogP contribution in [0.2, 0.25) is 10.0 Å². The number of ether oxygens (including phenoxy) is 1. The maximum Gasteiger partial charge on any atom is 0.136 e. The minimum atomic E-state index is -1.18. The van der Waals surface area contributed by atoms with E-state index in [2.05, 4.69) is 10.3 Å². The molecule has 0 amide bonds. The highest BCUT2D eigenvalue weighted by atomic mass is 35.5. The Hall–Kier alpha value is -1.65. The lowest BCUT2D eigenvalue weighted by Gasteiger charge is -2.41. The number of aliphatic hydroxyl groups is 3. The van der Waals surface area contributed by atoms with Gasteiger partial charge in [0.1, 0.15) is 35.5 Å². The van der Waals surface area contributed by atoms with Gasteiger partial charge in [0.15, 0.2) is 0 Å². The lowest BCUT2D eigenvalue weighted by molar-refractivity contribution is -0.178. The van der Waals surface area contributed by atoms with Crippen LogP contribution < -0.4 is 0 Å². The standard InChI is InChI=1S/C20H19Cl2N3O4S/c21-13-7-6-12(8-14(13)22)30-20-19(28)17(18(27)16(10-26)29-20)25-9-15(23-24-25)11-4-2-1-3-5-11/h1-9,16-20,26-28H,10H2/t16?,17-,18-,19?,20+/m0/s1. The van der Waals surface area contributed by atoms with Gasteiger partial charge in [-0.25, -0.2) is 4.68 Å². The van der Waals surface area contributed by atoms with E-state index in [1.54, 1.807) is 24.4 Å². The van der Waals surface area contributed by atoms with E-state index in [9.17, 15) is 15.3 Å². The molecule has 0 spiro atoms. The maximum absolute atomic E-state index is 11.0. The van der Waals surface area contributed by atoms with Crippen LogP contribution in [0.1, 0.15) is 6.04 Å². The fourth-order valence-electron chi connectivity index (χ4n) is 3.33. The number of halogens is 2. The van der Waals surface area contributed by atoms with Gasteiger partial charge in [-0.3, -0.25) is 0 Å². The van der Waals surface area contributed by atoms with Gasteiger partial charge in [0.05, 0.1) is 22.8 Å². The van der Waals surface area contributed by atoms with E-state index in [1.165, 1.54) is 16.4 Å². The summed E-state index contributed by atoms with van der Waals surface area (Å²) in [7, 11) is 0. The summed E-state index contributed by atoms with van der Waals surface area (Å²) in [6.45, 7) is -0.414. The van der Waals surface area contributed by atoms with Crippen LogP contribution >= 0.6 is 35.0 Å². The van der Waals surface area contributed by atoms with Crippen molar-refractivity contribution in [1.29, 1.82) is 0 Å². The van der Waals surface area contributed by atoms with Crippen molar-refractivity contribution in [3.05, 3.63) is 64.8 Å². The number of hydrogen-bond donors (Lipinski definition) is 3. The Morgan fingerprint density at radius 2 is 1.80 bits per heavy atom. The SMILES string of the molecule is OCC1O[C@H](Sc2ccc(Cl)c(Cl)c2)C(O)[C@@H](n2cc(-c3ccccc3)nn2)[C@H]1O. The van der Waals surface area contributed by atoms with E-state index in [0.29, 0.717) is 15.7 Å². The largest absolute Gasteiger partial charge is 0.394 e. The fourth-order valence-corrected chi connectivity index (χ4v) is 4.79. The zero-order valence-corrected chi connectivity index (χ0v) is 17.9. The van der Waals surface area contributed by atoms with Crippen LogP contribution in [0.3, 0.4) is 0 Å². The van der Waals surface area contributed by atoms with Crippen molar-refractivity contribution in [2.24, 2.45) is 0 Å². The molecule has 5 atom stereocenters. The molecule has 0 bridgehead atoms. The zero-order valence-electron chi connectivity index (χ0n) is 15.5. The Balaban J connectivity index is 1.61. The van der Waals surface area contributed by atoms with Crippen molar-refractivity contribution in [2.75, 3.05) is 6.61 Å². The highest BCUT2D eigenvalue weighted by Crippen LogP contribution is 2.39. The summed E-state index contributed by atoms with van der Waals surface area (Å²) in [6.07, 6.45) is -1.55. The van der Waals surface area contributed by atoms with Gasteiger partial charge < -0.3 is 20.1 Å². The second-order valence-electron chi connectivity index (χ2n) is 6.84. The third-order valence-electron chi connectivity index (χ3n) is 4.88. The molecule has 1 aliphatic heterocycles. The zero-order chi connectivity index (χ0) is 21.3. The van der Waals surface area contributed by atoms with E-state index in [1.807, 2.05) is 30.3 Å². The predicted molar refractivity (Wildman–Crippen MR) is 115 cm³/mol. The van der Waals surface area contributed by atoms with Crippen molar-refractivity contribution in [3.8, 4) is 11.3 Å². The van der Waals surface area contributed by atoms with Gasteiger partial charge in [0.2, 0.25) is 0 Å². The molecule has 1 aromatic heterocycles. The fraction of sp³-hybridized carbons (Fsp3) is 0.300. The molecule has 0 aliphatic carbocycles. The molecule has 1 saturated heterocycles. The van der Waals surface area contributed by atoms with Crippen LogP contribution in [0.15, 0.2) is 59.6 Å². The molecule has 2 unspecified atom stereocenters. The van der Waals surface area contributed by atoms with E-state index < -0.39 is 36.4 Å². The summed E-state index contributed by atoms with van der Waals surface area (Å²) >= 11 is 13.3. The van der Waals surface area contributed by atoms with Gasteiger partial charge in [0, 0.05) is 10.5 Å². The molecule has 2 heterocycles. The average molecular weight is 468 g/mol. The van der Waals surface area contributed by atoms with Crippen molar-refractivity contribution < 1.29 is 20.1 Å². The first kappa shape index (κ1) is 21.6. The number of benzene rings is 2. The van der Waals surface area contributed by atoms with Crippen molar-refractivity contribution in [2.45, 2.75) is 34.7 Å². The summed E-state index contributed by atoms with van der Waals surface area (Å²) in [5.74, 6) is 0. The molecule has 30 heavy (non-hydrogen) atoms. The molecule has 1 aliphatic rings. The van der Waals surface area contributed by atoms with Crippen LogP contribution in [0.25, 0.3) is 11.3 Å². The molecule has 7 nitrogen and oxygen atoms in total. The van der Waals surface area contributed by atoms with Gasteiger partial charge in [-0.2, -0.15) is 0 Å². The molecule has 0 radical (unpaired) electrons. The molecule has 3 aromatic rings. The number of thioether (sulfide) groups is 1. The van der Waals surface area contributed by atoms with E-state index >= 15 is 0 Å². The Morgan fingerprint density at radius 3 is 2.50 bits per heavy atom. The minimum absolute atomic E-state index is 0.381. The molecule has 2 aromatic carbocycles. The van der Waals surface area contributed by atoms with Gasteiger partial charge in [-0.1, -0.05) is 70.5 Å². The predicted octanol–water partition coefficient (Wildman–Crippen LogP) is 3.02. The maximum atomic E-state index is 11.0. The van der Waals surface area contributed by atoms with E-state index in [-0.39, 0.29) is 0 Å². The molecule has 10 heteroatoms. The van der Waals surface area contributed by atoms with Gasteiger partial charge in [0.25, 0.3) is 0 Å². The quantitative estimate of drug-likeness (QED) is 0.529. The number of hydrogen-bond acceptors (Lipinski definition) is 7. The van der Waals surface area contributed by atoms with E-state index in [0.717, 1.165) is 10.5 Å². The number of aliphatic hydroxyl groups excluding tert-OH is 3. The summed E-state index contributed by atoms with van der Waals surface area (Å²) in [4.78, 5) is 0.726. The molecule has 1 fully saturated rings. The summed E-state index contributed by atoms with van der Waals surface area (Å²) in [6, 6.07) is 13.7. The Kier molecular flexibility index (Phi) is 6.64. The third kappa shape index (κ3) is 4.36. The Labute approximate surface area is 187 Å². The summed E-state index contributed by atoms with van der Waals surface area (Å²) in [5, 5.41) is 40.5. The Bertz CT molecular complexity index is 1010. The van der Waals surface area contributed by atoms with Crippen LogP contribution in [-0.2, 0) is 4.74 Å². The van der Waals surface area contributed by atoms with Crippen molar-refractivity contribution in [1.82, 2.24) is 15.0 Å². The molecule has 0 saturated carbocycles. The summed E-state index contributed by atoms with van der Waals surface area (Å²) in [5.41, 5.74) is 0.688. The highest BCUT2D eigenvalue weighted by Gasteiger charge is 2.46. The smallest absolute Gasteiger partial charge is 0.136 e. The molecule has 3 N–H and O–H groups in total. The van der Waals surface area contributed by atoms with E-state index in [4.69, 9.17) is 27.9 Å². The minimum Gasteiger partial charge on any atom is -0.394 e. The average Bonchev–Trinajstić information content (AvgIpc) is 3.23. The van der Waals surface area contributed by atoms with Gasteiger partial charge >= 0.3 is 0 Å². The first-order valence-corrected chi connectivity index (χ1v) is 10.8. The van der Waals surface area contributed by atoms with Crippen LogP contribution in [0.5, 0.6) is 0 Å². The molecular weight excluding hydrogens is 449 g/mol. The Morgan fingerprint density at radius 1 is 1.03 bits per heavy atom.